The topological polar surface area (TPSA) is 105 Å². The van der Waals surface area contributed by atoms with Gasteiger partial charge in [0.05, 0.1) is 12.6 Å². The first-order valence-corrected chi connectivity index (χ1v) is 8.54. The molecule has 1 aromatic carbocycles. The van der Waals surface area contributed by atoms with Gasteiger partial charge in [-0.1, -0.05) is 30.3 Å². The summed E-state index contributed by atoms with van der Waals surface area (Å²) >= 11 is 0. The number of nitrogens with one attached hydrogen (secondary N) is 2. The Labute approximate surface area is 162 Å². The van der Waals surface area contributed by atoms with E-state index in [2.05, 4.69) is 10.6 Å². The Morgan fingerprint density at radius 1 is 1.19 bits per heavy atom. The Morgan fingerprint density at radius 3 is 2.59 bits per heavy atom. The Morgan fingerprint density at radius 2 is 1.93 bits per heavy atom. The van der Waals surface area contributed by atoms with Gasteiger partial charge < -0.3 is 15.7 Å². The van der Waals surface area contributed by atoms with Crippen molar-refractivity contribution in [3.8, 4) is 0 Å². The minimum atomic E-state index is -0.529. The first-order chi connectivity index (χ1) is 12.5. The molecule has 1 fully saturated rings. The summed E-state index contributed by atoms with van der Waals surface area (Å²) in [4.78, 5) is 36.7. The number of amides is 1. The zero-order valence-electron chi connectivity index (χ0n) is 14.7. The molecule has 1 aromatic heterocycles. The maximum Gasteiger partial charge on any atom is 0.331 e. The Balaban J connectivity index is 0.00000261. The molecule has 0 aliphatic carbocycles. The molecule has 3 N–H and O–H groups in total. The second-order valence-electron chi connectivity index (χ2n) is 6.43. The lowest BCUT2D eigenvalue weighted by atomic mass is 10.1. The van der Waals surface area contributed by atoms with E-state index in [1.165, 1.54) is 16.8 Å². The molecule has 0 saturated carbocycles. The molecule has 3 rings (SSSR count). The summed E-state index contributed by atoms with van der Waals surface area (Å²) in [7, 11) is 0. The first kappa shape index (κ1) is 20.9. The Hall–Kier alpha value is -2.42. The van der Waals surface area contributed by atoms with Crippen LogP contribution in [0.1, 0.15) is 5.56 Å². The normalized spacial score (nSPS) is 18.7. The van der Waals surface area contributed by atoms with Crippen molar-refractivity contribution in [2.24, 2.45) is 5.92 Å². The minimum Gasteiger partial charge on any atom is -0.391 e. The third-order valence-corrected chi connectivity index (χ3v) is 4.50. The van der Waals surface area contributed by atoms with Crippen LogP contribution in [0.3, 0.4) is 0 Å². The Bertz CT molecular complexity index is 881. The third kappa shape index (κ3) is 5.29. The van der Waals surface area contributed by atoms with Gasteiger partial charge in [0.25, 0.3) is 5.56 Å². The van der Waals surface area contributed by atoms with Gasteiger partial charge in [-0.2, -0.15) is 0 Å². The van der Waals surface area contributed by atoms with E-state index >= 15 is 0 Å². The highest BCUT2D eigenvalue weighted by Gasteiger charge is 2.25. The maximum atomic E-state index is 12.5. The van der Waals surface area contributed by atoms with Gasteiger partial charge >= 0.3 is 5.69 Å². The fourth-order valence-corrected chi connectivity index (χ4v) is 2.97. The number of rotatable bonds is 6. The van der Waals surface area contributed by atoms with Crippen molar-refractivity contribution in [1.29, 1.82) is 0 Å². The van der Waals surface area contributed by atoms with Gasteiger partial charge in [0.15, 0.2) is 0 Å². The van der Waals surface area contributed by atoms with E-state index in [9.17, 15) is 19.5 Å². The van der Waals surface area contributed by atoms with Crippen LogP contribution in [0.25, 0.3) is 0 Å². The summed E-state index contributed by atoms with van der Waals surface area (Å²) in [5, 5.41) is 15.4. The lowest BCUT2D eigenvalue weighted by Gasteiger charge is -2.14. The number of benzene rings is 1. The highest BCUT2D eigenvalue weighted by atomic mass is 35.5. The zero-order valence-corrected chi connectivity index (χ0v) is 15.5. The average Bonchev–Trinajstić information content (AvgIpc) is 3.05. The van der Waals surface area contributed by atoms with Crippen LogP contribution < -0.4 is 21.9 Å². The number of halogens is 1. The summed E-state index contributed by atoms with van der Waals surface area (Å²) in [5.41, 5.74) is -0.122. The molecule has 1 amide bonds. The van der Waals surface area contributed by atoms with Crippen LogP contribution in [0.4, 0.5) is 0 Å². The van der Waals surface area contributed by atoms with Gasteiger partial charge in [0.2, 0.25) is 5.91 Å². The molecule has 27 heavy (non-hydrogen) atoms. The second kappa shape index (κ2) is 9.50. The molecule has 146 valence electrons. The van der Waals surface area contributed by atoms with E-state index in [-0.39, 0.29) is 24.9 Å². The van der Waals surface area contributed by atoms with E-state index in [0.717, 1.165) is 10.1 Å². The number of hydrogen-bond acceptors (Lipinski definition) is 5. The summed E-state index contributed by atoms with van der Waals surface area (Å²) in [6.07, 6.45) is 0.935. The number of nitrogens with zero attached hydrogens (tertiary/aromatic N) is 2. The lowest BCUT2D eigenvalue weighted by molar-refractivity contribution is -0.122. The summed E-state index contributed by atoms with van der Waals surface area (Å²) in [6, 6.07) is 10.7. The summed E-state index contributed by atoms with van der Waals surface area (Å²) in [6.45, 7) is 1.40. The lowest BCUT2D eigenvalue weighted by Crippen LogP contribution is -2.44. The SMILES string of the molecule is Cl.O=C(Cn1c(=O)ccn(Cc2ccccc2)c1=O)NCC1CNCC1O. The second-order valence-corrected chi connectivity index (χ2v) is 6.43. The van der Waals surface area contributed by atoms with E-state index < -0.39 is 23.3 Å². The fourth-order valence-electron chi connectivity index (χ4n) is 2.97. The largest absolute Gasteiger partial charge is 0.391 e. The Kier molecular flexibility index (Phi) is 7.35. The van der Waals surface area contributed by atoms with Crippen LogP contribution in [0, 0.1) is 5.92 Å². The zero-order chi connectivity index (χ0) is 18.5. The molecule has 9 heteroatoms. The highest BCUT2D eigenvalue weighted by molar-refractivity contribution is 5.85. The van der Waals surface area contributed by atoms with Gasteiger partial charge in [-0.05, 0) is 5.56 Å². The van der Waals surface area contributed by atoms with Crippen molar-refractivity contribution in [3.63, 3.8) is 0 Å². The first-order valence-electron chi connectivity index (χ1n) is 8.54. The van der Waals surface area contributed by atoms with E-state index in [1.54, 1.807) is 0 Å². The van der Waals surface area contributed by atoms with Crippen LogP contribution in [0.2, 0.25) is 0 Å². The fraction of sp³-hybridized carbons (Fsp3) is 0.389. The molecule has 8 nitrogen and oxygen atoms in total. The van der Waals surface area contributed by atoms with Gasteiger partial charge in [0, 0.05) is 37.8 Å². The monoisotopic (exact) mass is 394 g/mol. The molecular formula is C18H23ClN4O4. The van der Waals surface area contributed by atoms with Crippen LogP contribution in [0.5, 0.6) is 0 Å². The van der Waals surface area contributed by atoms with E-state index in [0.29, 0.717) is 26.2 Å². The number of hydrogen-bond donors (Lipinski definition) is 3. The third-order valence-electron chi connectivity index (χ3n) is 4.50. The molecule has 2 aromatic rings. The molecule has 2 heterocycles. The van der Waals surface area contributed by atoms with E-state index in [4.69, 9.17) is 0 Å². The van der Waals surface area contributed by atoms with Crippen LogP contribution in [0.15, 0.2) is 52.2 Å². The minimum absolute atomic E-state index is 0. The highest BCUT2D eigenvalue weighted by Crippen LogP contribution is 2.06. The molecule has 2 unspecified atom stereocenters. The van der Waals surface area contributed by atoms with Crippen molar-refractivity contribution < 1.29 is 9.90 Å². The number of aliphatic hydroxyl groups is 1. The van der Waals surface area contributed by atoms with Crippen molar-refractivity contribution in [1.82, 2.24) is 19.8 Å². The molecule has 1 aliphatic rings. The molecular weight excluding hydrogens is 372 g/mol. The molecule has 0 spiro atoms. The number of carbonyl (C=O) groups excluding carboxylic acids is 1. The predicted molar refractivity (Wildman–Crippen MR) is 103 cm³/mol. The van der Waals surface area contributed by atoms with Crippen molar-refractivity contribution >= 4 is 18.3 Å². The molecule has 2 atom stereocenters. The van der Waals surface area contributed by atoms with Gasteiger partial charge in [0.1, 0.15) is 6.54 Å². The van der Waals surface area contributed by atoms with Gasteiger partial charge in [-0.25, -0.2) is 4.79 Å². The van der Waals surface area contributed by atoms with Crippen molar-refractivity contribution in [2.45, 2.75) is 19.2 Å². The smallest absolute Gasteiger partial charge is 0.331 e. The summed E-state index contributed by atoms with van der Waals surface area (Å²) < 4.78 is 2.32. The maximum absolute atomic E-state index is 12.5. The van der Waals surface area contributed by atoms with Crippen LogP contribution in [-0.4, -0.2) is 45.9 Å². The van der Waals surface area contributed by atoms with Gasteiger partial charge in [-0.3, -0.25) is 18.7 Å². The molecule has 1 aliphatic heterocycles. The number of aliphatic hydroxyl groups excluding tert-OH is 1. The van der Waals surface area contributed by atoms with E-state index in [1.807, 2.05) is 30.3 Å². The standard InChI is InChI=1S/C18H22N4O4.ClH/c23-15-10-19-8-14(15)9-20-16(24)12-22-17(25)6-7-21(18(22)26)11-13-4-2-1-3-5-13;/h1-7,14-15,19,23H,8-12H2,(H,20,24);1H. The molecule has 0 bridgehead atoms. The molecule has 1 saturated heterocycles. The number of β-amino-alcohol motifs (C(OH)–C–C–N with tert-alkyl or cyclic N) is 1. The van der Waals surface area contributed by atoms with Crippen LogP contribution >= 0.6 is 12.4 Å². The average molecular weight is 395 g/mol. The summed E-state index contributed by atoms with van der Waals surface area (Å²) in [5.74, 6) is -0.498. The molecule has 0 radical (unpaired) electrons. The van der Waals surface area contributed by atoms with Gasteiger partial charge in [-0.15, -0.1) is 12.4 Å². The van der Waals surface area contributed by atoms with Crippen LogP contribution in [-0.2, 0) is 17.9 Å². The quantitative estimate of drug-likeness (QED) is 0.593. The van der Waals surface area contributed by atoms with Crippen molar-refractivity contribution in [2.75, 3.05) is 19.6 Å². The number of aromatic nitrogens is 2. The predicted octanol–water partition coefficient (Wildman–Crippen LogP) is -0.823. The van der Waals surface area contributed by atoms with Crippen molar-refractivity contribution in [3.05, 3.63) is 69.0 Å². The number of carbonyl (C=O) groups is 1.